The van der Waals surface area contributed by atoms with Gasteiger partial charge in [-0.05, 0) is 24.3 Å². The summed E-state index contributed by atoms with van der Waals surface area (Å²) in [4.78, 5) is 20.9. The molecule has 3 aromatic rings. The summed E-state index contributed by atoms with van der Waals surface area (Å²) in [6, 6.07) is 8.81. The van der Waals surface area contributed by atoms with Crippen molar-refractivity contribution in [3.8, 4) is 22.9 Å². The van der Waals surface area contributed by atoms with Gasteiger partial charge in [0.25, 0.3) is 0 Å². The Morgan fingerprint density at radius 1 is 1.26 bits per heavy atom. The molecule has 0 atom stereocenters. The molecule has 1 N–H and O–H groups in total. The number of hydrogen-bond acceptors (Lipinski definition) is 8. The van der Waals surface area contributed by atoms with Gasteiger partial charge in [-0.1, -0.05) is 16.9 Å². The number of anilines is 1. The minimum atomic E-state index is -0.190. The number of nitrogens with one attached hydrogen (secondary N) is 1. The summed E-state index contributed by atoms with van der Waals surface area (Å²) >= 11 is 1.29. The monoisotopic (exact) mass is 386 g/mol. The normalized spacial score (nSPS) is 10.5. The fourth-order valence-corrected chi connectivity index (χ4v) is 3.10. The third kappa shape index (κ3) is 4.56. The second-order valence-corrected chi connectivity index (χ2v) is 6.36. The predicted octanol–water partition coefficient (Wildman–Crippen LogP) is 3.19. The maximum Gasteiger partial charge on any atom is 0.234 e. The van der Waals surface area contributed by atoms with Crippen molar-refractivity contribution in [1.29, 1.82) is 0 Å². The van der Waals surface area contributed by atoms with E-state index in [9.17, 15) is 4.79 Å². The Balaban J connectivity index is 1.68. The summed E-state index contributed by atoms with van der Waals surface area (Å²) in [7, 11) is 3.10. The first kappa shape index (κ1) is 18.7. The maximum atomic E-state index is 12.4. The average Bonchev–Trinajstić information content (AvgIpc) is 3.13. The number of pyridine rings is 1. The smallest absolute Gasteiger partial charge is 0.234 e. The largest absolute Gasteiger partial charge is 0.497 e. The summed E-state index contributed by atoms with van der Waals surface area (Å²) in [6.45, 7) is 1.72. The van der Waals surface area contributed by atoms with Gasteiger partial charge in [0, 0.05) is 19.2 Å². The number of thioether (sulfide) groups is 1. The molecule has 0 saturated carbocycles. The number of aryl methyl sites for hydroxylation is 1. The highest BCUT2D eigenvalue weighted by atomic mass is 32.2. The van der Waals surface area contributed by atoms with Gasteiger partial charge < -0.3 is 19.3 Å². The van der Waals surface area contributed by atoms with E-state index in [-0.39, 0.29) is 11.7 Å². The van der Waals surface area contributed by atoms with Gasteiger partial charge in [-0.3, -0.25) is 4.79 Å². The molecule has 27 heavy (non-hydrogen) atoms. The molecule has 140 valence electrons. The highest BCUT2D eigenvalue weighted by Crippen LogP contribution is 2.30. The van der Waals surface area contributed by atoms with E-state index >= 15 is 0 Å². The standard InChI is InChI=1S/C18H18N4O4S/c1-11-20-17(22-26-11)13-5-4-8-19-18(13)27-10-16(23)21-14-7-6-12(24-2)9-15(14)25-3/h4-9H,10H2,1-3H3,(H,21,23). The Morgan fingerprint density at radius 2 is 2.11 bits per heavy atom. The van der Waals surface area contributed by atoms with E-state index in [0.29, 0.717) is 39.5 Å². The van der Waals surface area contributed by atoms with Crippen LogP contribution in [0.3, 0.4) is 0 Å². The molecular weight excluding hydrogens is 368 g/mol. The maximum absolute atomic E-state index is 12.4. The molecule has 3 rings (SSSR count). The van der Waals surface area contributed by atoms with E-state index in [2.05, 4.69) is 20.4 Å². The first-order valence-corrected chi connectivity index (χ1v) is 8.99. The van der Waals surface area contributed by atoms with Crippen LogP contribution < -0.4 is 14.8 Å². The number of nitrogens with zero attached hydrogens (tertiary/aromatic N) is 3. The molecule has 0 spiro atoms. The van der Waals surface area contributed by atoms with Crippen molar-refractivity contribution in [1.82, 2.24) is 15.1 Å². The predicted molar refractivity (Wildman–Crippen MR) is 101 cm³/mol. The molecule has 9 heteroatoms. The molecule has 2 aromatic heterocycles. The fraction of sp³-hybridized carbons (Fsp3) is 0.222. The molecule has 0 radical (unpaired) electrons. The average molecular weight is 386 g/mol. The van der Waals surface area contributed by atoms with Crippen LogP contribution in [0.5, 0.6) is 11.5 Å². The summed E-state index contributed by atoms with van der Waals surface area (Å²) in [5.41, 5.74) is 1.29. The zero-order valence-electron chi connectivity index (χ0n) is 15.1. The number of ether oxygens (including phenoxy) is 2. The Kier molecular flexibility index (Phi) is 5.92. The van der Waals surface area contributed by atoms with Crippen LogP contribution in [0.1, 0.15) is 5.89 Å². The molecule has 0 unspecified atom stereocenters. The molecule has 0 aliphatic rings. The van der Waals surface area contributed by atoms with E-state index in [0.717, 1.165) is 0 Å². The molecule has 1 aromatic carbocycles. The Bertz CT molecular complexity index is 945. The SMILES string of the molecule is COc1ccc(NC(=O)CSc2ncccc2-c2noc(C)n2)c(OC)c1. The van der Waals surface area contributed by atoms with Crippen LogP contribution in [0.2, 0.25) is 0 Å². The van der Waals surface area contributed by atoms with Crippen molar-refractivity contribution in [2.24, 2.45) is 0 Å². The minimum absolute atomic E-state index is 0.163. The summed E-state index contributed by atoms with van der Waals surface area (Å²) in [5, 5.41) is 7.39. The fourth-order valence-electron chi connectivity index (χ4n) is 2.31. The van der Waals surface area contributed by atoms with Gasteiger partial charge in [0.15, 0.2) is 0 Å². The second kappa shape index (κ2) is 8.54. The van der Waals surface area contributed by atoms with Crippen LogP contribution in [-0.2, 0) is 4.79 Å². The van der Waals surface area contributed by atoms with Crippen LogP contribution in [0.4, 0.5) is 5.69 Å². The lowest BCUT2D eigenvalue weighted by atomic mass is 10.2. The van der Waals surface area contributed by atoms with Crippen molar-refractivity contribution >= 4 is 23.4 Å². The molecule has 0 saturated heterocycles. The minimum Gasteiger partial charge on any atom is -0.497 e. The first-order valence-electron chi connectivity index (χ1n) is 8.01. The van der Waals surface area contributed by atoms with Crippen LogP contribution in [0.25, 0.3) is 11.4 Å². The topological polar surface area (TPSA) is 99.4 Å². The summed E-state index contributed by atoms with van der Waals surface area (Å²) < 4.78 is 15.5. The van der Waals surface area contributed by atoms with Crippen LogP contribution >= 0.6 is 11.8 Å². The van der Waals surface area contributed by atoms with Crippen LogP contribution in [0.15, 0.2) is 46.1 Å². The molecular formula is C18H18N4O4S. The molecule has 0 aliphatic heterocycles. The third-order valence-corrected chi connectivity index (χ3v) is 4.57. The third-order valence-electron chi connectivity index (χ3n) is 3.56. The first-order chi connectivity index (χ1) is 13.1. The van der Waals surface area contributed by atoms with Crippen molar-refractivity contribution < 1.29 is 18.8 Å². The van der Waals surface area contributed by atoms with E-state index in [1.54, 1.807) is 44.5 Å². The molecule has 0 aliphatic carbocycles. The molecule has 0 fully saturated rings. The molecule has 0 bridgehead atoms. The zero-order valence-corrected chi connectivity index (χ0v) is 15.9. The van der Waals surface area contributed by atoms with E-state index in [1.807, 2.05) is 6.07 Å². The molecule has 8 nitrogen and oxygen atoms in total. The molecule has 1 amide bonds. The number of hydrogen-bond donors (Lipinski definition) is 1. The zero-order chi connectivity index (χ0) is 19.2. The lowest BCUT2D eigenvalue weighted by Gasteiger charge is -2.11. The molecule has 2 heterocycles. The van der Waals surface area contributed by atoms with Gasteiger partial charge in [0.2, 0.25) is 17.6 Å². The number of carbonyl (C=O) groups is 1. The Hall–Kier alpha value is -3.07. The van der Waals surface area contributed by atoms with Crippen molar-refractivity contribution in [3.63, 3.8) is 0 Å². The quantitative estimate of drug-likeness (QED) is 0.618. The number of methoxy groups -OCH3 is 2. The van der Waals surface area contributed by atoms with Gasteiger partial charge in [0.1, 0.15) is 16.5 Å². The van der Waals surface area contributed by atoms with Gasteiger partial charge in [-0.2, -0.15) is 4.98 Å². The highest BCUT2D eigenvalue weighted by Gasteiger charge is 2.15. The lowest BCUT2D eigenvalue weighted by Crippen LogP contribution is -2.15. The van der Waals surface area contributed by atoms with E-state index < -0.39 is 0 Å². The second-order valence-electron chi connectivity index (χ2n) is 5.40. The van der Waals surface area contributed by atoms with Crippen molar-refractivity contribution in [2.45, 2.75) is 11.9 Å². The number of amides is 1. The van der Waals surface area contributed by atoms with Crippen LogP contribution in [0, 0.1) is 6.92 Å². The van der Waals surface area contributed by atoms with Crippen molar-refractivity contribution in [2.75, 3.05) is 25.3 Å². The number of benzene rings is 1. The van der Waals surface area contributed by atoms with E-state index in [4.69, 9.17) is 14.0 Å². The van der Waals surface area contributed by atoms with Gasteiger partial charge in [0.05, 0.1) is 31.2 Å². The number of rotatable bonds is 7. The summed E-state index contributed by atoms with van der Waals surface area (Å²) in [6.07, 6.45) is 1.66. The van der Waals surface area contributed by atoms with Crippen LogP contribution in [-0.4, -0.2) is 41.0 Å². The number of carbonyl (C=O) groups excluding carboxylic acids is 1. The van der Waals surface area contributed by atoms with Crippen molar-refractivity contribution in [3.05, 3.63) is 42.4 Å². The highest BCUT2D eigenvalue weighted by molar-refractivity contribution is 8.00. The van der Waals surface area contributed by atoms with Gasteiger partial charge >= 0.3 is 0 Å². The lowest BCUT2D eigenvalue weighted by molar-refractivity contribution is -0.113. The van der Waals surface area contributed by atoms with Gasteiger partial charge in [-0.15, -0.1) is 0 Å². The Morgan fingerprint density at radius 3 is 2.81 bits per heavy atom. The summed E-state index contributed by atoms with van der Waals surface area (Å²) in [5.74, 6) is 2.05. The van der Waals surface area contributed by atoms with Gasteiger partial charge in [-0.25, -0.2) is 4.98 Å². The Labute approximate surface area is 160 Å². The number of aromatic nitrogens is 3. The van der Waals surface area contributed by atoms with E-state index in [1.165, 1.54) is 18.9 Å².